The molecule has 0 spiro atoms. The van der Waals surface area contributed by atoms with Gasteiger partial charge in [-0.15, -0.1) is 0 Å². The molecule has 0 unspecified atom stereocenters. The summed E-state index contributed by atoms with van der Waals surface area (Å²) in [6.07, 6.45) is -6.25. The Morgan fingerprint density at radius 1 is 1.29 bits per heavy atom. The fourth-order valence-corrected chi connectivity index (χ4v) is 1.11. The molecule has 0 N–H and O–H groups in total. The van der Waals surface area contributed by atoms with Crippen LogP contribution in [-0.2, 0) is 4.79 Å². The number of rotatable bonds is 3. The van der Waals surface area contributed by atoms with Crippen LogP contribution in [0, 0.1) is 11.3 Å². The molecule has 1 aromatic carbocycles. The molecule has 0 aliphatic carbocycles. The highest BCUT2D eigenvalue weighted by Crippen LogP contribution is 2.19. The van der Waals surface area contributed by atoms with Crippen molar-refractivity contribution in [3.63, 3.8) is 0 Å². The largest absolute Gasteiger partial charge is 0.450 e. The van der Waals surface area contributed by atoms with E-state index in [2.05, 4.69) is 0 Å². The first-order valence-electron chi connectivity index (χ1n) is 4.48. The molecule has 0 amide bonds. The minimum absolute atomic E-state index is 0.0818. The van der Waals surface area contributed by atoms with Crippen molar-refractivity contribution >= 4 is 11.6 Å². The Morgan fingerprint density at radius 3 is 2.47 bits per heavy atom. The van der Waals surface area contributed by atoms with E-state index in [1.165, 1.54) is 18.2 Å². The summed E-state index contributed by atoms with van der Waals surface area (Å²) < 4.78 is 35.7. The van der Waals surface area contributed by atoms with Gasteiger partial charge in [0.1, 0.15) is 0 Å². The highest BCUT2D eigenvalue weighted by atomic mass is 19.4. The van der Waals surface area contributed by atoms with Crippen LogP contribution in [0.5, 0.6) is 0 Å². The van der Waals surface area contributed by atoms with E-state index in [0.717, 1.165) is 6.07 Å². The summed E-state index contributed by atoms with van der Waals surface area (Å²) in [6, 6.07) is 6.92. The molecule has 1 aromatic rings. The summed E-state index contributed by atoms with van der Waals surface area (Å²) in [5, 5.41) is 8.55. The molecular weight excluding hydrogens is 235 g/mol. The van der Waals surface area contributed by atoms with E-state index >= 15 is 0 Å². The molecule has 0 saturated carbocycles. The molecule has 0 aromatic heterocycles. The summed E-state index contributed by atoms with van der Waals surface area (Å²) in [6.45, 7) is 0. The molecule has 0 aliphatic rings. The molecule has 1 rings (SSSR count). The van der Waals surface area contributed by atoms with E-state index in [1.54, 1.807) is 6.07 Å². The predicted octanol–water partition coefficient (Wildman–Crippen LogP) is 2.26. The van der Waals surface area contributed by atoms with Crippen LogP contribution in [0.3, 0.4) is 0 Å². The Kier molecular flexibility index (Phi) is 3.63. The Balaban J connectivity index is 2.85. The van der Waals surface area contributed by atoms with Crippen molar-refractivity contribution in [2.45, 2.75) is 12.6 Å². The lowest BCUT2D eigenvalue weighted by molar-refractivity contribution is -0.170. The van der Waals surface area contributed by atoms with Crippen LogP contribution < -0.4 is 0 Å². The topological polar surface area (TPSA) is 57.9 Å². The van der Waals surface area contributed by atoms with Gasteiger partial charge in [0.15, 0.2) is 5.78 Å². The van der Waals surface area contributed by atoms with Crippen LogP contribution in [0.25, 0.3) is 0 Å². The third-order valence-corrected chi connectivity index (χ3v) is 1.95. The average molecular weight is 241 g/mol. The van der Waals surface area contributed by atoms with Crippen LogP contribution in [0.4, 0.5) is 13.2 Å². The van der Waals surface area contributed by atoms with E-state index in [9.17, 15) is 22.8 Å². The lowest BCUT2D eigenvalue weighted by atomic mass is 10.0. The maximum atomic E-state index is 11.9. The molecule has 3 nitrogen and oxygen atoms in total. The smallest absolute Gasteiger partial charge is 0.294 e. The number of nitrogens with zero attached hydrogens (tertiary/aromatic N) is 1. The fourth-order valence-electron chi connectivity index (χ4n) is 1.11. The fraction of sp³-hybridized carbons (Fsp3) is 0.182. The van der Waals surface area contributed by atoms with Crippen molar-refractivity contribution in [1.29, 1.82) is 5.26 Å². The van der Waals surface area contributed by atoms with Crippen LogP contribution in [0.15, 0.2) is 24.3 Å². The molecule has 0 saturated heterocycles. The van der Waals surface area contributed by atoms with Crippen LogP contribution >= 0.6 is 0 Å². The number of alkyl halides is 3. The first-order valence-corrected chi connectivity index (χ1v) is 4.48. The SMILES string of the molecule is N#Cc1cccc(C(=O)CC(=O)C(F)(F)F)c1. The van der Waals surface area contributed by atoms with Gasteiger partial charge in [-0.1, -0.05) is 12.1 Å². The van der Waals surface area contributed by atoms with Gasteiger partial charge in [-0.25, -0.2) is 0 Å². The number of hydrogen-bond acceptors (Lipinski definition) is 3. The lowest BCUT2D eigenvalue weighted by Crippen LogP contribution is -2.25. The lowest BCUT2D eigenvalue weighted by Gasteiger charge is -2.04. The van der Waals surface area contributed by atoms with E-state index < -0.39 is 24.2 Å². The van der Waals surface area contributed by atoms with Crippen LogP contribution in [0.1, 0.15) is 22.3 Å². The molecule has 0 aliphatic heterocycles. The normalized spacial score (nSPS) is 10.7. The second-order valence-electron chi connectivity index (χ2n) is 3.21. The Bertz CT molecular complexity index is 500. The predicted molar refractivity (Wildman–Crippen MR) is 51.2 cm³/mol. The molecule has 17 heavy (non-hydrogen) atoms. The van der Waals surface area contributed by atoms with Gasteiger partial charge in [-0.3, -0.25) is 9.59 Å². The molecular formula is C11H6F3NO2. The third kappa shape index (κ3) is 3.41. The van der Waals surface area contributed by atoms with Crippen LogP contribution in [-0.4, -0.2) is 17.7 Å². The monoisotopic (exact) mass is 241 g/mol. The highest BCUT2D eigenvalue weighted by molar-refractivity contribution is 6.09. The van der Waals surface area contributed by atoms with Crippen molar-refractivity contribution in [2.24, 2.45) is 0 Å². The van der Waals surface area contributed by atoms with Gasteiger partial charge in [0.05, 0.1) is 18.1 Å². The van der Waals surface area contributed by atoms with E-state index in [0.29, 0.717) is 0 Å². The first-order chi connectivity index (χ1) is 7.84. The van der Waals surface area contributed by atoms with E-state index in [-0.39, 0.29) is 11.1 Å². The van der Waals surface area contributed by atoms with E-state index in [1.807, 2.05) is 0 Å². The Morgan fingerprint density at radius 2 is 1.94 bits per heavy atom. The second kappa shape index (κ2) is 4.78. The number of ketones is 2. The number of benzene rings is 1. The average Bonchev–Trinajstić information content (AvgIpc) is 2.27. The Hall–Kier alpha value is -2.16. The zero-order valence-electron chi connectivity index (χ0n) is 8.41. The molecule has 0 bridgehead atoms. The second-order valence-corrected chi connectivity index (χ2v) is 3.21. The number of carbonyl (C=O) groups excluding carboxylic acids is 2. The zero-order chi connectivity index (χ0) is 13.1. The minimum atomic E-state index is -5.01. The molecule has 0 fully saturated rings. The van der Waals surface area contributed by atoms with Crippen LogP contribution in [0.2, 0.25) is 0 Å². The number of halogens is 3. The minimum Gasteiger partial charge on any atom is -0.294 e. The van der Waals surface area contributed by atoms with Gasteiger partial charge in [0, 0.05) is 5.56 Å². The van der Waals surface area contributed by atoms with Crippen molar-refractivity contribution in [1.82, 2.24) is 0 Å². The quantitative estimate of drug-likeness (QED) is 0.602. The third-order valence-electron chi connectivity index (χ3n) is 1.95. The number of Topliss-reactive ketones (excluding diaryl/α,β-unsaturated/α-hetero) is 2. The summed E-state index contributed by atoms with van der Waals surface area (Å²) in [7, 11) is 0. The van der Waals surface area contributed by atoms with Gasteiger partial charge in [0.25, 0.3) is 0 Å². The highest BCUT2D eigenvalue weighted by Gasteiger charge is 2.39. The van der Waals surface area contributed by atoms with Gasteiger partial charge in [0.2, 0.25) is 5.78 Å². The van der Waals surface area contributed by atoms with Gasteiger partial charge >= 0.3 is 6.18 Å². The maximum Gasteiger partial charge on any atom is 0.450 e. The van der Waals surface area contributed by atoms with Crippen molar-refractivity contribution in [2.75, 3.05) is 0 Å². The first kappa shape index (κ1) is 12.9. The number of hydrogen-bond donors (Lipinski definition) is 0. The molecule has 0 heterocycles. The van der Waals surface area contributed by atoms with Crippen molar-refractivity contribution in [3.8, 4) is 6.07 Å². The van der Waals surface area contributed by atoms with E-state index in [4.69, 9.17) is 5.26 Å². The van der Waals surface area contributed by atoms with Crippen molar-refractivity contribution < 1.29 is 22.8 Å². The van der Waals surface area contributed by atoms with Gasteiger partial charge in [-0.05, 0) is 12.1 Å². The summed E-state index contributed by atoms with van der Waals surface area (Å²) >= 11 is 0. The number of carbonyl (C=O) groups is 2. The molecule has 6 heteroatoms. The Labute approximate surface area is 94.5 Å². The summed E-state index contributed by atoms with van der Waals surface area (Å²) in [5.74, 6) is -3.05. The zero-order valence-corrected chi connectivity index (χ0v) is 8.41. The maximum absolute atomic E-state index is 11.9. The summed E-state index contributed by atoms with van der Waals surface area (Å²) in [5.41, 5.74) is 0.0666. The summed E-state index contributed by atoms with van der Waals surface area (Å²) in [4.78, 5) is 21.9. The molecule has 0 atom stereocenters. The van der Waals surface area contributed by atoms with Gasteiger partial charge < -0.3 is 0 Å². The number of nitriles is 1. The molecule has 0 radical (unpaired) electrons. The van der Waals surface area contributed by atoms with Gasteiger partial charge in [-0.2, -0.15) is 18.4 Å². The standard InChI is InChI=1S/C11H6F3NO2/c12-11(13,14)10(17)5-9(16)8-3-1-2-7(4-8)6-15/h1-4H,5H2. The van der Waals surface area contributed by atoms with Crippen molar-refractivity contribution in [3.05, 3.63) is 35.4 Å². The molecule has 88 valence electrons.